The SMILES string of the molecule is Fc1ccc(CCN2CCc3nc(C4CC4)ncc3C2)cc1F. The largest absolute Gasteiger partial charge is 0.298 e. The Morgan fingerprint density at radius 3 is 2.83 bits per heavy atom. The number of hydrogen-bond donors (Lipinski definition) is 0. The van der Waals surface area contributed by atoms with E-state index in [1.165, 1.54) is 36.2 Å². The summed E-state index contributed by atoms with van der Waals surface area (Å²) in [5.41, 5.74) is 3.21. The topological polar surface area (TPSA) is 29.0 Å². The van der Waals surface area contributed by atoms with E-state index in [2.05, 4.69) is 9.88 Å². The van der Waals surface area contributed by atoms with Crippen molar-refractivity contribution in [3.63, 3.8) is 0 Å². The maximum atomic E-state index is 13.2. The number of hydrogen-bond acceptors (Lipinski definition) is 3. The molecule has 1 aromatic carbocycles. The molecule has 1 aromatic heterocycles. The molecule has 4 rings (SSSR count). The van der Waals surface area contributed by atoms with E-state index < -0.39 is 11.6 Å². The van der Waals surface area contributed by atoms with E-state index >= 15 is 0 Å². The summed E-state index contributed by atoms with van der Waals surface area (Å²) in [6.45, 7) is 2.62. The maximum Gasteiger partial charge on any atom is 0.159 e. The van der Waals surface area contributed by atoms with E-state index in [1.807, 2.05) is 6.20 Å². The van der Waals surface area contributed by atoms with Gasteiger partial charge in [0.25, 0.3) is 0 Å². The number of benzene rings is 1. The summed E-state index contributed by atoms with van der Waals surface area (Å²) in [7, 11) is 0. The first kappa shape index (κ1) is 14.7. The lowest BCUT2D eigenvalue weighted by atomic mass is 10.1. The van der Waals surface area contributed by atoms with Crippen molar-refractivity contribution in [2.75, 3.05) is 13.1 Å². The van der Waals surface area contributed by atoms with Crippen LogP contribution in [-0.2, 0) is 19.4 Å². The molecule has 23 heavy (non-hydrogen) atoms. The number of fused-ring (bicyclic) bond motifs is 1. The zero-order valence-corrected chi connectivity index (χ0v) is 12.9. The number of halogens is 2. The third kappa shape index (κ3) is 3.24. The van der Waals surface area contributed by atoms with Gasteiger partial charge in [-0.15, -0.1) is 0 Å². The summed E-state index contributed by atoms with van der Waals surface area (Å²) in [4.78, 5) is 11.5. The van der Waals surface area contributed by atoms with Gasteiger partial charge in [0, 0.05) is 49.4 Å². The lowest BCUT2D eigenvalue weighted by Gasteiger charge is -2.28. The molecule has 0 amide bonds. The normalized spacial score (nSPS) is 18.0. The fourth-order valence-corrected chi connectivity index (χ4v) is 3.10. The Balaban J connectivity index is 1.39. The van der Waals surface area contributed by atoms with Gasteiger partial charge >= 0.3 is 0 Å². The van der Waals surface area contributed by atoms with Crippen molar-refractivity contribution in [2.45, 2.75) is 38.1 Å². The minimum atomic E-state index is -0.788. The molecular weight excluding hydrogens is 296 g/mol. The van der Waals surface area contributed by atoms with Gasteiger partial charge in [-0.1, -0.05) is 6.07 Å². The molecule has 1 aliphatic carbocycles. The van der Waals surface area contributed by atoms with Crippen molar-refractivity contribution >= 4 is 0 Å². The summed E-state index contributed by atoms with van der Waals surface area (Å²) in [6.07, 6.45) is 6.07. The van der Waals surface area contributed by atoms with Gasteiger partial charge in [-0.3, -0.25) is 4.90 Å². The monoisotopic (exact) mass is 315 g/mol. The van der Waals surface area contributed by atoms with Crippen LogP contribution in [0.4, 0.5) is 8.78 Å². The molecule has 1 fully saturated rings. The van der Waals surface area contributed by atoms with Crippen LogP contribution in [0.1, 0.15) is 41.4 Å². The molecule has 0 N–H and O–H groups in total. The fraction of sp³-hybridized carbons (Fsp3) is 0.444. The Morgan fingerprint density at radius 2 is 2.04 bits per heavy atom. The molecule has 0 radical (unpaired) electrons. The van der Waals surface area contributed by atoms with Crippen LogP contribution in [0.3, 0.4) is 0 Å². The van der Waals surface area contributed by atoms with Gasteiger partial charge in [0.05, 0.1) is 0 Å². The molecule has 0 unspecified atom stereocenters. The van der Waals surface area contributed by atoms with Crippen LogP contribution in [-0.4, -0.2) is 28.0 Å². The maximum absolute atomic E-state index is 13.2. The lowest BCUT2D eigenvalue weighted by Crippen LogP contribution is -2.33. The molecule has 120 valence electrons. The van der Waals surface area contributed by atoms with Crippen molar-refractivity contribution in [3.05, 3.63) is 58.7 Å². The molecule has 2 aromatic rings. The first-order valence-electron chi connectivity index (χ1n) is 8.20. The Hall–Kier alpha value is -1.88. The molecule has 3 nitrogen and oxygen atoms in total. The van der Waals surface area contributed by atoms with Gasteiger partial charge < -0.3 is 0 Å². The summed E-state index contributed by atoms with van der Waals surface area (Å²) >= 11 is 0. The first-order chi connectivity index (χ1) is 11.2. The van der Waals surface area contributed by atoms with E-state index in [9.17, 15) is 8.78 Å². The third-order valence-corrected chi connectivity index (χ3v) is 4.67. The molecule has 1 saturated carbocycles. The Labute approximate surface area is 134 Å². The zero-order valence-electron chi connectivity index (χ0n) is 12.9. The van der Waals surface area contributed by atoms with Crippen LogP contribution in [0.2, 0.25) is 0 Å². The lowest BCUT2D eigenvalue weighted by molar-refractivity contribution is 0.254. The highest BCUT2D eigenvalue weighted by molar-refractivity contribution is 5.23. The van der Waals surface area contributed by atoms with Gasteiger partial charge in [0.15, 0.2) is 11.6 Å². The van der Waals surface area contributed by atoms with Gasteiger partial charge in [0.2, 0.25) is 0 Å². The molecule has 2 aliphatic rings. The molecular formula is C18H19F2N3. The van der Waals surface area contributed by atoms with E-state index in [0.717, 1.165) is 37.4 Å². The van der Waals surface area contributed by atoms with Crippen molar-refractivity contribution in [1.29, 1.82) is 0 Å². The Bertz CT molecular complexity index is 728. The molecule has 1 aliphatic heterocycles. The first-order valence-corrected chi connectivity index (χ1v) is 8.20. The molecule has 0 saturated heterocycles. The van der Waals surface area contributed by atoms with Crippen LogP contribution < -0.4 is 0 Å². The number of nitrogens with zero attached hydrogens (tertiary/aromatic N) is 3. The molecule has 0 spiro atoms. The van der Waals surface area contributed by atoms with Crippen LogP contribution in [0.15, 0.2) is 24.4 Å². The van der Waals surface area contributed by atoms with E-state index in [1.54, 1.807) is 6.07 Å². The third-order valence-electron chi connectivity index (χ3n) is 4.67. The minimum absolute atomic E-state index is 0.590. The highest BCUT2D eigenvalue weighted by Gasteiger charge is 2.28. The van der Waals surface area contributed by atoms with Crippen molar-refractivity contribution in [2.24, 2.45) is 0 Å². The average molecular weight is 315 g/mol. The number of rotatable bonds is 4. The smallest absolute Gasteiger partial charge is 0.159 e. The van der Waals surface area contributed by atoms with Crippen molar-refractivity contribution in [1.82, 2.24) is 14.9 Å². The van der Waals surface area contributed by atoms with Crippen LogP contribution in [0.25, 0.3) is 0 Å². The van der Waals surface area contributed by atoms with Crippen molar-refractivity contribution < 1.29 is 8.78 Å². The highest BCUT2D eigenvalue weighted by Crippen LogP contribution is 2.38. The average Bonchev–Trinajstić information content (AvgIpc) is 3.40. The second kappa shape index (κ2) is 5.96. The second-order valence-electron chi connectivity index (χ2n) is 6.50. The van der Waals surface area contributed by atoms with E-state index in [0.29, 0.717) is 12.3 Å². The van der Waals surface area contributed by atoms with E-state index in [-0.39, 0.29) is 0 Å². The summed E-state index contributed by atoms with van der Waals surface area (Å²) in [6, 6.07) is 4.14. The summed E-state index contributed by atoms with van der Waals surface area (Å²) in [5.74, 6) is 0.0439. The van der Waals surface area contributed by atoms with Crippen LogP contribution in [0, 0.1) is 11.6 Å². The second-order valence-corrected chi connectivity index (χ2v) is 6.50. The minimum Gasteiger partial charge on any atom is -0.298 e. The molecule has 2 heterocycles. The quantitative estimate of drug-likeness (QED) is 0.867. The molecule has 0 bridgehead atoms. The van der Waals surface area contributed by atoms with Crippen molar-refractivity contribution in [3.8, 4) is 0 Å². The molecule has 5 heteroatoms. The van der Waals surface area contributed by atoms with E-state index in [4.69, 9.17) is 4.98 Å². The van der Waals surface area contributed by atoms with Gasteiger partial charge in [-0.05, 0) is 37.0 Å². The van der Waals surface area contributed by atoms with Gasteiger partial charge in [0.1, 0.15) is 5.82 Å². The highest BCUT2D eigenvalue weighted by atomic mass is 19.2. The summed E-state index contributed by atoms with van der Waals surface area (Å²) in [5, 5.41) is 0. The zero-order chi connectivity index (χ0) is 15.8. The van der Waals surface area contributed by atoms with Gasteiger partial charge in [-0.2, -0.15) is 0 Å². The van der Waals surface area contributed by atoms with Gasteiger partial charge in [-0.25, -0.2) is 18.7 Å². The molecule has 0 atom stereocenters. The van der Waals surface area contributed by atoms with Crippen LogP contribution in [0.5, 0.6) is 0 Å². The fourth-order valence-electron chi connectivity index (χ4n) is 3.10. The standard InChI is InChI=1S/C18H19F2N3/c19-15-4-1-12(9-16(15)20)5-7-23-8-6-17-14(11-23)10-21-18(22-17)13-2-3-13/h1,4,9-10,13H,2-3,5-8,11H2. The summed E-state index contributed by atoms with van der Waals surface area (Å²) < 4.78 is 26.2. The van der Waals surface area contributed by atoms with Crippen LogP contribution >= 0.6 is 0 Å². The Kier molecular flexibility index (Phi) is 3.81. The predicted octanol–water partition coefficient (Wildman–Crippen LogP) is 3.23. The number of aromatic nitrogens is 2. The Morgan fingerprint density at radius 1 is 1.17 bits per heavy atom. The predicted molar refractivity (Wildman–Crippen MR) is 83.1 cm³/mol.